The molecule has 24 heavy (non-hydrogen) atoms. The Morgan fingerprint density at radius 1 is 1.29 bits per heavy atom. The molecule has 0 aliphatic carbocycles. The molecule has 1 amide bonds. The smallest absolute Gasteiger partial charge is 0.255 e. The molecule has 1 aliphatic rings. The predicted octanol–water partition coefficient (Wildman–Crippen LogP) is 2.30. The van der Waals surface area contributed by atoms with Crippen LogP contribution >= 0.6 is 0 Å². The fraction of sp³-hybridized carbons (Fsp3) is 0.333. The summed E-state index contributed by atoms with van der Waals surface area (Å²) < 4.78 is 1.60. The minimum absolute atomic E-state index is 0.0196. The van der Waals surface area contributed by atoms with Crippen LogP contribution in [0.5, 0.6) is 0 Å². The van der Waals surface area contributed by atoms with Gasteiger partial charge in [-0.25, -0.2) is 9.67 Å². The van der Waals surface area contributed by atoms with E-state index in [4.69, 9.17) is 0 Å². The standard InChI is InChI=1S/C18H19N5O/c1-12-5-3-4-6-15(12)13-7-8-23(11-13)18(24)14-9-16-17(19-10-14)22(2)21-20-16/h3-6,9-10,13H,7-8,11H2,1-2H3. The van der Waals surface area contributed by atoms with E-state index in [0.29, 0.717) is 22.6 Å². The molecule has 3 heterocycles. The maximum atomic E-state index is 12.8. The fourth-order valence-corrected chi connectivity index (χ4v) is 3.47. The average molecular weight is 321 g/mol. The van der Waals surface area contributed by atoms with Gasteiger partial charge in [0.25, 0.3) is 5.91 Å². The van der Waals surface area contributed by atoms with E-state index in [0.717, 1.165) is 19.5 Å². The predicted molar refractivity (Wildman–Crippen MR) is 90.7 cm³/mol. The van der Waals surface area contributed by atoms with Crippen molar-refractivity contribution in [3.05, 3.63) is 53.2 Å². The molecule has 1 aromatic carbocycles. The zero-order valence-electron chi connectivity index (χ0n) is 13.8. The van der Waals surface area contributed by atoms with Gasteiger partial charge in [0.2, 0.25) is 0 Å². The molecule has 0 saturated carbocycles. The first-order valence-corrected chi connectivity index (χ1v) is 8.13. The van der Waals surface area contributed by atoms with Crippen LogP contribution in [0.1, 0.15) is 33.8 Å². The van der Waals surface area contributed by atoms with Crippen molar-refractivity contribution in [2.75, 3.05) is 13.1 Å². The summed E-state index contributed by atoms with van der Waals surface area (Å²) in [6, 6.07) is 10.2. The lowest BCUT2D eigenvalue weighted by Gasteiger charge is -2.17. The number of hydrogen-bond acceptors (Lipinski definition) is 4. The third kappa shape index (κ3) is 2.44. The Morgan fingerprint density at radius 3 is 2.96 bits per heavy atom. The second-order valence-corrected chi connectivity index (χ2v) is 6.37. The summed E-state index contributed by atoms with van der Waals surface area (Å²) in [4.78, 5) is 19.0. The Morgan fingerprint density at radius 2 is 2.12 bits per heavy atom. The van der Waals surface area contributed by atoms with Crippen LogP contribution in [0, 0.1) is 6.92 Å². The second kappa shape index (κ2) is 5.70. The van der Waals surface area contributed by atoms with E-state index in [2.05, 4.69) is 46.5 Å². The van der Waals surface area contributed by atoms with Gasteiger partial charge in [-0.2, -0.15) is 0 Å². The van der Waals surface area contributed by atoms with Crippen LogP contribution in [0.15, 0.2) is 36.5 Å². The van der Waals surface area contributed by atoms with Crippen molar-refractivity contribution in [2.45, 2.75) is 19.3 Å². The molecule has 1 aliphatic heterocycles. The highest BCUT2D eigenvalue weighted by atomic mass is 16.2. The summed E-state index contributed by atoms with van der Waals surface area (Å²) in [7, 11) is 1.79. The molecule has 0 bridgehead atoms. The van der Waals surface area contributed by atoms with E-state index >= 15 is 0 Å². The molecule has 0 spiro atoms. The first-order chi connectivity index (χ1) is 11.6. The van der Waals surface area contributed by atoms with Gasteiger partial charge in [0.1, 0.15) is 5.52 Å². The molecular formula is C18H19N5O. The van der Waals surface area contributed by atoms with Gasteiger partial charge >= 0.3 is 0 Å². The molecule has 122 valence electrons. The Kier molecular flexibility index (Phi) is 3.52. The molecule has 6 heteroatoms. The number of fused-ring (bicyclic) bond motifs is 1. The maximum Gasteiger partial charge on any atom is 0.255 e. The Hall–Kier alpha value is -2.76. The minimum atomic E-state index is 0.0196. The third-order valence-corrected chi connectivity index (χ3v) is 4.79. The zero-order valence-corrected chi connectivity index (χ0v) is 13.8. The van der Waals surface area contributed by atoms with Crippen LogP contribution in [0.4, 0.5) is 0 Å². The van der Waals surface area contributed by atoms with Gasteiger partial charge in [-0.05, 0) is 30.5 Å². The number of benzene rings is 1. The molecule has 3 aromatic rings. The molecule has 6 nitrogen and oxygen atoms in total. The lowest BCUT2D eigenvalue weighted by Crippen LogP contribution is -2.28. The molecule has 1 fully saturated rings. The van der Waals surface area contributed by atoms with Crippen LogP contribution < -0.4 is 0 Å². The number of carbonyl (C=O) groups is 1. The van der Waals surface area contributed by atoms with E-state index in [9.17, 15) is 4.79 Å². The number of rotatable bonds is 2. The molecule has 1 saturated heterocycles. The van der Waals surface area contributed by atoms with E-state index < -0.39 is 0 Å². The third-order valence-electron chi connectivity index (χ3n) is 4.79. The number of pyridine rings is 1. The SMILES string of the molecule is Cc1ccccc1C1CCN(C(=O)c2cnc3c(c2)nnn3C)C1. The second-order valence-electron chi connectivity index (χ2n) is 6.37. The highest BCUT2D eigenvalue weighted by Crippen LogP contribution is 2.30. The number of likely N-dealkylation sites (tertiary alicyclic amines) is 1. The Bertz CT molecular complexity index is 917. The van der Waals surface area contributed by atoms with Gasteiger partial charge in [-0.1, -0.05) is 29.5 Å². The van der Waals surface area contributed by atoms with Crippen molar-refractivity contribution in [2.24, 2.45) is 7.05 Å². The molecule has 0 N–H and O–H groups in total. The first kappa shape index (κ1) is 14.8. The lowest BCUT2D eigenvalue weighted by molar-refractivity contribution is 0.0790. The van der Waals surface area contributed by atoms with Crippen LogP contribution in [0.2, 0.25) is 0 Å². The van der Waals surface area contributed by atoms with Crippen molar-refractivity contribution >= 4 is 17.1 Å². The van der Waals surface area contributed by atoms with Gasteiger partial charge in [0, 0.05) is 32.3 Å². The number of nitrogens with zero attached hydrogens (tertiary/aromatic N) is 5. The molecule has 2 aromatic heterocycles. The highest BCUT2D eigenvalue weighted by molar-refractivity contribution is 5.96. The molecule has 1 unspecified atom stereocenters. The zero-order chi connectivity index (χ0) is 16.7. The topological polar surface area (TPSA) is 63.9 Å². The van der Waals surface area contributed by atoms with Crippen molar-refractivity contribution < 1.29 is 4.79 Å². The molecule has 1 atom stereocenters. The van der Waals surface area contributed by atoms with E-state index in [1.54, 1.807) is 24.0 Å². The molecule has 4 rings (SSSR count). The normalized spacial score (nSPS) is 17.6. The van der Waals surface area contributed by atoms with Gasteiger partial charge in [0.15, 0.2) is 5.65 Å². The van der Waals surface area contributed by atoms with Crippen molar-refractivity contribution in [3.8, 4) is 0 Å². The summed E-state index contributed by atoms with van der Waals surface area (Å²) >= 11 is 0. The number of aryl methyl sites for hydroxylation is 2. The van der Waals surface area contributed by atoms with Crippen LogP contribution in [0.3, 0.4) is 0 Å². The summed E-state index contributed by atoms with van der Waals surface area (Å²) in [5.74, 6) is 0.425. The van der Waals surface area contributed by atoms with Gasteiger partial charge in [-0.15, -0.1) is 5.10 Å². The maximum absolute atomic E-state index is 12.8. The minimum Gasteiger partial charge on any atom is -0.338 e. The highest BCUT2D eigenvalue weighted by Gasteiger charge is 2.29. The number of amides is 1. The Labute approximate surface area is 140 Å². The summed E-state index contributed by atoms with van der Waals surface area (Å²) in [6.45, 7) is 3.66. The van der Waals surface area contributed by atoms with Gasteiger partial charge in [0.05, 0.1) is 5.56 Å². The number of hydrogen-bond donors (Lipinski definition) is 0. The quantitative estimate of drug-likeness (QED) is 0.726. The lowest BCUT2D eigenvalue weighted by atomic mass is 9.94. The van der Waals surface area contributed by atoms with E-state index in [-0.39, 0.29) is 5.91 Å². The van der Waals surface area contributed by atoms with Crippen molar-refractivity contribution in [3.63, 3.8) is 0 Å². The average Bonchev–Trinajstić information content (AvgIpc) is 3.22. The van der Waals surface area contributed by atoms with E-state index in [1.165, 1.54) is 11.1 Å². The summed E-state index contributed by atoms with van der Waals surface area (Å²) in [5, 5.41) is 7.98. The van der Waals surface area contributed by atoms with E-state index in [1.807, 2.05) is 4.90 Å². The number of aromatic nitrogens is 4. The molecular weight excluding hydrogens is 302 g/mol. The largest absolute Gasteiger partial charge is 0.338 e. The van der Waals surface area contributed by atoms with Crippen molar-refractivity contribution in [1.29, 1.82) is 0 Å². The Balaban J connectivity index is 1.55. The van der Waals surface area contributed by atoms with Gasteiger partial charge < -0.3 is 4.90 Å². The molecule has 0 radical (unpaired) electrons. The monoisotopic (exact) mass is 321 g/mol. The fourth-order valence-electron chi connectivity index (χ4n) is 3.47. The van der Waals surface area contributed by atoms with Crippen LogP contribution in [-0.2, 0) is 7.05 Å². The van der Waals surface area contributed by atoms with Crippen LogP contribution in [0.25, 0.3) is 11.2 Å². The summed E-state index contributed by atoms with van der Waals surface area (Å²) in [6.07, 6.45) is 2.62. The summed E-state index contributed by atoms with van der Waals surface area (Å²) in [5.41, 5.74) is 4.55. The number of carbonyl (C=O) groups excluding carboxylic acids is 1. The van der Waals surface area contributed by atoms with Gasteiger partial charge in [-0.3, -0.25) is 4.79 Å². The first-order valence-electron chi connectivity index (χ1n) is 8.13. The van der Waals surface area contributed by atoms with Crippen LogP contribution in [-0.4, -0.2) is 43.9 Å². The van der Waals surface area contributed by atoms with Crippen molar-refractivity contribution in [1.82, 2.24) is 24.9 Å².